The molecule has 0 atom stereocenters. The van der Waals surface area contributed by atoms with Gasteiger partial charge in [0, 0.05) is 17.1 Å². The fraction of sp³-hybridized carbons (Fsp3) is 0.235. The lowest BCUT2D eigenvalue weighted by molar-refractivity contribution is 0.0944. The third-order valence-electron chi connectivity index (χ3n) is 2.93. The van der Waals surface area contributed by atoms with Crippen LogP contribution >= 0.6 is 11.6 Å². The number of halogens is 1. The van der Waals surface area contributed by atoms with E-state index >= 15 is 0 Å². The summed E-state index contributed by atoms with van der Waals surface area (Å²) in [5.74, 6) is 1.12. The molecule has 1 amide bonds. The van der Waals surface area contributed by atoms with Gasteiger partial charge in [0.1, 0.15) is 24.7 Å². The van der Waals surface area contributed by atoms with Gasteiger partial charge in [-0.05, 0) is 42.5 Å². The van der Waals surface area contributed by atoms with Gasteiger partial charge >= 0.3 is 0 Å². The van der Waals surface area contributed by atoms with Gasteiger partial charge in [-0.1, -0.05) is 17.7 Å². The standard InChI is InChI=1S/C17H18ClNO4/c18-14-2-1-3-16(12-14)23-11-10-22-15-6-4-13(5-7-15)17(21)19-8-9-20/h1-7,12,20H,8-11H2,(H,19,21). The van der Waals surface area contributed by atoms with Gasteiger partial charge in [0.25, 0.3) is 5.91 Å². The molecule has 23 heavy (non-hydrogen) atoms. The number of amides is 1. The molecule has 0 aliphatic carbocycles. The average molecular weight is 336 g/mol. The highest BCUT2D eigenvalue weighted by molar-refractivity contribution is 6.30. The monoisotopic (exact) mass is 335 g/mol. The fourth-order valence-corrected chi connectivity index (χ4v) is 2.03. The number of benzene rings is 2. The highest BCUT2D eigenvalue weighted by Crippen LogP contribution is 2.17. The summed E-state index contributed by atoms with van der Waals surface area (Å²) in [4.78, 5) is 11.7. The van der Waals surface area contributed by atoms with E-state index in [9.17, 15) is 4.79 Å². The van der Waals surface area contributed by atoms with Crippen LogP contribution in [0.2, 0.25) is 5.02 Å². The Morgan fingerprint density at radius 1 is 1.04 bits per heavy atom. The van der Waals surface area contributed by atoms with Crippen molar-refractivity contribution < 1.29 is 19.4 Å². The summed E-state index contributed by atoms with van der Waals surface area (Å²) in [6.07, 6.45) is 0. The maximum Gasteiger partial charge on any atom is 0.251 e. The molecule has 2 rings (SSSR count). The maximum absolute atomic E-state index is 11.7. The van der Waals surface area contributed by atoms with Crippen molar-refractivity contribution in [3.63, 3.8) is 0 Å². The van der Waals surface area contributed by atoms with Crippen molar-refractivity contribution in [1.82, 2.24) is 5.32 Å². The number of nitrogens with one attached hydrogen (secondary N) is 1. The Bertz CT molecular complexity index is 631. The molecule has 0 spiro atoms. The number of hydrogen-bond donors (Lipinski definition) is 2. The van der Waals surface area contributed by atoms with Crippen LogP contribution in [0.25, 0.3) is 0 Å². The molecular formula is C17H18ClNO4. The van der Waals surface area contributed by atoms with Crippen LogP contribution in [0.1, 0.15) is 10.4 Å². The summed E-state index contributed by atoms with van der Waals surface area (Å²) < 4.78 is 11.1. The van der Waals surface area contributed by atoms with E-state index in [1.807, 2.05) is 12.1 Å². The molecule has 2 aromatic rings. The molecule has 0 aliphatic heterocycles. The predicted molar refractivity (Wildman–Crippen MR) is 88.3 cm³/mol. The van der Waals surface area contributed by atoms with Crippen molar-refractivity contribution in [3.05, 3.63) is 59.1 Å². The van der Waals surface area contributed by atoms with Gasteiger partial charge in [-0.2, -0.15) is 0 Å². The number of aliphatic hydroxyl groups excluding tert-OH is 1. The van der Waals surface area contributed by atoms with E-state index in [0.29, 0.717) is 35.3 Å². The summed E-state index contributed by atoms with van der Waals surface area (Å²) in [6.45, 7) is 0.916. The SMILES string of the molecule is O=C(NCCO)c1ccc(OCCOc2cccc(Cl)c2)cc1. The highest BCUT2D eigenvalue weighted by atomic mass is 35.5. The first-order valence-corrected chi connectivity index (χ1v) is 7.57. The van der Waals surface area contributed by atoms with Crippen LogP contribution in [0.3, 0.4) is 0 Å². The van der Waals surface area contributed by atoms with E-state index in [4.69, 9.17) is 26.2 Å². The zero-order chi connectivity index (χ0) is 16.5. The lowest BCUT2D eigenvalue weighted by Gasteiger charge is -2.09. The summed E-state index contributed by atoms with van der Waals surface area (Å²) in [7, 11) is 0. The van der Waals surface area contributed by atoms with Crippen molar-refractivity contribution in [2.75, 3.05) is 26.4 Å². The number of aliphatic hydroxyl groups is 1. The van der Waals surface area contributed by atoms with Crippen LogP contribution in [0.4, 0.5) is 0 Å². The van der Waals surface area contributed by atoms with Crippen LogP contribution in [-0.2, 0) is 0 Å². The number of rotatable bonds is 8. The molecule has 6 heteroatoms. The number of carbonyl (C=O) groups excluding carboxylic acids is 1. The minimum Gasteiger partial charge on any atom is -0.490 e. The zero-order valence-electron chi connectivity index (χ0n) is 12.5. The van der Waals surface area contributed by atoms with Gasteiger partial charge in [-0.15, -0.1) is 0 Å². The quantitative estimate of drug-likeness (QED) is 0.727. The number of ether oxygens (including phenoxy) is 2. The van der Waals surface area contributed by atoms with Crippen molar-refractivity contribution in [2.45, 2.75) is 0 Å². The highest BCUT2D eigenvalue weighted by Gasteiger charge is 2.04. The van der Waals surface area contributed by atoms with Crippen LogP contribution < -0.4 is 14.8 Å². The molecule has 0 radical (unpaired) electrons. The Kier molecular flexibility index (Phi) is 6.72. The zero-order valence-corrected chi connectivity index (χ0v) is 13.3. The summed E-state index contributed by atoms with van der Waals surface area (Å²) >= 11 is 5.87. The topological polar surface area (TPSA) is 67.8 Å². The molecule has 5 nitrogen and oxygen atoms in total. The molecule has 122 valence electrons. The van der Waals surface area contributed by atoms with Crippen molar-refractivity contribution in [3.8, 4) is 11.5 Å². The van der Waals surface area contributed by atoms with Crippen LogP contribution in [0.5, 0.6) is 11.5 Å². The lowest BCUT2D eigenvalue weighted by Crippen LogP contribution is -2.26. The van der Waals surface area contributed by atoms with Crippen molar-refractivity contribution in [2.24, 2.45) is 0 Å². The molecular weight excluding hydrogens is 318 g/mol. The van der Waals surface area contributed by atoms with Gasteiger partial charge < -0.3 is 19.9 Å². The van der Waals surface area contributed by atoms with Gasteiger partial charge in [0.2, 0.25) is 0 Å². The molecule has 0 aliphatic rings. The van der Waals surface area contributed by atoms with E-state index < -0.39 is 0 Å². The van der Waals surface area contributed by atoms with E-state index in [1.165, 1.54) is 0 Å². The lowest BCUT2D eigenvalue weighted by atomic mass is 10.2. The maximum atomic E-state index is 11.7. The predicted octanol–water partition coefficient (Wildman–Crippen LogP) is 2.52. The first kappa shape index (κ1) is 17.1. The minimum atomic E-state index is -0.227. The Balaban J connectivity index is 1.74. The molecule has 0 unspecified atom stereocenters. The van der Waals surface area contributed by atoms with Gasteiger partial charge in [-0.25, -0.2) is 0 Å². The van der Waals surface area contributed by atoms with Gasteiger partial charge in [0.05, 0.1) is 6.61 Å². The average Bonchev–Trinajstić information content (AvgIpc) is 2.57. The normalized spacial score (nSPS) is 10.2. The first-order valence-electron chi connectivity index (χ1n) is 7.19. The Hall–Kier alpha value is -2.24. The largest absolute Gasteiger partial charge is 0.490 e. The van der Waals surface area contributed by atoms with Crippen LogP contribution in [-0.4, -0.2) is 37.4 Å². The Morgan fingerprint density at radius 2 is 1.74 bits per heavy atom. The van der Waals surface area contributed by atoms with Crippen molar-refractivity contribution >= 4 is 17.5 Å². The van der Waals surface area contributed by atoms with E-state index in [0.717, 1.165) is 0 Å². The van der Waals surface area contributed by atoms with Gasteiger partial charge in [0.15, 0.2) is 0 Å². The first-order chi connectivity index (χ1) is 11.2. The molecule has 0 fully saturated rings. The summed E-state index contributed by atoms with van der Waals surface area (Å²) in [5.41, 5.74) is 0.515. The fourth-order valence-electron chi connectivity index (χ4n) is 1.85. The molecule has 0 bridgehead atoms. The Morgan fingerprint density at radius 3 is 2.39 bits per heavy atom. The minimum absolute atomic E-state index is 0.0838. The third-order valence-corrected chi connectivity index (χ3v) is 3.17. The number of carbonyl (C=O) groups is 1. The molecule has 0 heterocycles. The van der Waals surface area contributed by atoms with E-state index in [-0.39, 0.29) is 19.1 Å². The van der Waals surface area contributed by atoms with E-state index in [1.54, 1.807) is 36.4 Å². The molecule has 0 aromatic heterocycles. The molecule has 2 N–H and O–H groups in total. The smallest absolute Gasteiger partial charge is 0.251 e. The summed E-state index contributed by atoms with van der Waals surface area (Å²) in [6, 6.07) is 13.9. The molecule has 0 saturated heterocycles. The number of hydrogen-bond acceptors (Lipinski definition) is 4. The van der Waals surface area contributed by atoms with E-state index in [2.05, 4.69) is 5.32 Å². The van der Waals surface area contributed by atoms with Crippen LogP contribution in [0.15, 0.2) is 48.5 Å². The second-order valence-electron chi connectivity index (χ2n) is 4.66. The van der Waals surface area contributed by atoms with Crippen molar-refractivity contribution in [1.29, 1.82) is 0 Å². The molecule has 0 saturated carbocycles. The van der Waals surface area contributed by atoms with Gasteiger partial charge in [-0.3, -0.25) is 4.79 Å². The second-order valence-corrected chi connectivity index (χ2v) is 5.09. The summed E-state index contributed by atoms with van der Waals surface area (Å²) in [5, 5.41) is 11.9. The Labute approximate surface area is 139 Å². The third kappa shape index (κ3) is 5.81. The van der Waals surface area contributed by atoms with Crippen LogP contribution in [0, 0.1) is 0 Å². The second kappa shape index (κ2) is 9.02. The molecule has 2 aromatic carbocycles.